The van der Waals surface area contributed by atoms with Crippen LogP contribution in [0.5, 0.6) is 0 Å². The van der Waals surface area contributed by atoms with Crippen LogP contribution in [0.3, 0.4) is 0 Å². The Hall–Kier alpha value is -1.49. The molecule has 2 rings (SSSR count). The lowest BCUT2D eigenvalue weighted by Gasteiger charge is -2.06. The first-order chi connectivity index (χ1) is 7.52. The lowest BCUT2D eigenvalue weighted by atomic mass is 10.1. The molecule has 2 aromatic rings. The topological polar surface area (TPSA) is 25.2 Å². The number of alkyl halides is 3. The van der Waals surface area contributed by atoms with Crippen molar-refractivity contribution < 1.29 is 17.6 Å². The van der Waals surface area contributed by atoms with E-state index < -0.39 is 11.7 Å². The third-order valence-corrected chi connectivity index (χ3v) is 2.25. The van der Waals surface area contributed by atoms with Crippen molar-refractivity contribution in [1.82, 2.24) is 5.32 Å². The highest BCUT2D eigenvalue weighted by Gasteiger charge is 2.34. The van der Waals surface area contributed by atoms with Gasteiger partial charge < -0.3 is 9.73 Å². The van der Waals surface area contributed by atoms with E-state index in [1.54, 1.807) is 19.2 Å². The highest BCUT2D eigenvalue weighted by atomic mass is 19.4. The molecule has 16 heavy (non-hydrogen) atoms. The van der Waals surface area contributed by atoms with E-state index in [1.165, 1.54) is 6.07 Å². The van der Waals surface area contributed by atoms with E-state index in [9.17, 15) is 13.2 Å². The predicted molar refractivity (Wildman–Crippen MR) is 54.0 cm³/mol. The maximum Gasteiger partial charge on any atom is 0.420 e. The van der Waals surface area contributed by atoms with Gasteiger partial charge in [0, 0.05) is 5.39 Å². The molecule has 5 heteroatoms. The number of furan rings is 1. The van der Waals surface area contributed by atoms with Crippen LogP contribution in [0.1, 0.15) is 11.3 Å². The van der Waals surface area contributed by atoms with Gasteiger partial charge in [0.2, 0.25) is 0 Å². The van der Waals surface area contributed by atoms with E-state index in [1.807, 2.05) is 0 Å². The molecule has 0 radical (unpaired) electrons. The van der Waals surface area contributed by atoms with Gasteiger partial charge >= 0.3 is 6.18 Å². The number of hydrogen-bond donors (Lipinski definition) is 1. The first kappa shape index (κ1) is 11.0. The summed E-state index contributed by atoms with van der Waals surface area (Å²) in [7, 11) is 1.71. The van der Waals surface area contributed by atoms with Gasteiger partial charge in [0.1, 0.15) is 11.3 Å². The molecule has 0 aliphatic rings. The van der Waals surface area contributed by atoms with Crippen molar-refractivity contribution in [2.24, 2.45) is 0 Å². The number of benzene rings is 1. The molecule has 0 fully saturated rings. The highest BCUT2D eigenvalue weighted by Crippen LogP contribution is 2.35. The van der Waals surface area contributed by atoms with Crippen molar-refractivity contribution >= 4 is 11.0 Å². The SMILES string of the molecule is CNCc1cc2cccc(C(F)(F)F)c2o1. The summed E-state index contributed by atoms with van der Waals surface area (Å²) in [5.41, 5.74) is -0.826. The molecular weight excluding hydrogens is 219 g/mol. The Morgan fingerprint density at radius 3 is 2.69 bits per heavy atom. The second kappa shape index (κ2) is 3.83. The van der Waals surface area contributed by atoms with Gasteiger partial charge in [-0.1, -0.05) is 12.1 Å². The van der Waals surface area contributed by atoms with Crippen molar-refractivity contribution in [3.63, 3.8) is 0 Å². The summed E-state index contributed by atoms with van der Waals surface area (Å²) in [5, 5.41) is 3.30. The first-order valence-electron chi connectivity index (χ1n) is 4.75. The quantitative estimate of drug-likeness (QED) is 0.855. The van der Waals surface area contributed by atoms with Crippen molar-refractivity contribution in [3.8, 4) is 0 Å². The Bertz CT molecular complexity index is 501. The van der Waals surface area contributed by atoms with Gasteiger partial charge in [-0.3, -0.25) is 0 Å². The molecule has 0 bridgehead atoms. The number of fused-ring (bicyclic) bond motifs is 1. The fraction of sp³-hybridized carbons (Fsp3) is 0.273. The Morgan fingerprint density at radius 2 is 2.06 bits per heavy atom. The van der Waals surface area contributed by atoms with Gasteiger partial charge in [0.25, 0.3) is 0 Å². The number of halogens is 3. The van der Waals surface area contributed by atoms with E-state index in [4.69, 9.17) is 4.42 Å². The first-order valence-corrected chi connectivity index (χ1v) is 4.75. The van der Waals surface area contributed by atoms with E-state index in [0.29, 0.717) is 17.7 Å². The van der Waals surface area contributed by atoms with Crippen LogP contribution in [0.2, 0.25) is 0 Å². The molecule has 0 saturated carbocycles. The maximum atomic E-state index is 12.6. The summed E-state index contributed by atoms with van der Waals surface area (Å²) in [6.07, 6.45) is -4.38. The van der Waals surface area contributed by atoms with Crippen LogP contribution in [-0.4, -0.2) is 7.05 Å². The third kappa shape index (κ3) is 1.90. The summed E-state index contributed by atoms with van der Waals surface area (Å²) in [4.78, 5) is 0. The van der Waals surface area contributed by atoms with E-state index in [2.05, 4.69) is 5.32 Å². The van der Waals surface area contributed by atoms with Crippen LogP contribution in [0.4, 0.5) is 13.2 Å². The van der Waals surface area contributed by atoms with Crippen LogP contribution in [0.15, 0.2) is 28.7 Å². The molecule has 2 nitrogen and oxygen atoms in total. The van der Waals surface area contributed by atoms with Gasteiger partial charge in [-0.2, -0.15) is 13.2 Å². The summed E-state index contributed by atoms with van der Waals surface area (Å²) in [6.45, 7) is 0.409. The smallest absolute Gasteiger partial charge is 0.420 e. The van der Waals surface area contributed by atoms with Gasteiger partial charge in [-0.15, -0.1) is 0 Å². The summed E-state index contributed by atoms with van der Waals surface area (Å²) < 4.78 is 43.1. The molecule has 0 atom stereocenters. The van der Waals surface area contributed by atoms with Gasteiger partial charge in [0.15, 0.2) is 0 Å². The minimum atomic E-state index is -4.38. The van der Waals surface area contributed by atoms with E-state index in [-0.39, 0.29) is 5.58 Å². The Morgan fingerprint density at radius 1 is 1.31 bits per heavy atom. The number of para-hydroxylation sites is 1. The van der Waals surface area contributed by atoms with E-state index in [0.717, 1.165) is 6.07 Å². The zero-order valence-corrected chi connectivity index (χ0v) is 8.56. The van der Waals surface area contributed by atoms with Gasteiger partial charge in [0.05, 0.1) is 12.1 Å². The molecule has 1 heterocycles. The molecule has 1 aromatic heterocycles. The molecule has 0 amide bonds. The molecular formula is C11H10F3NO. The van der Waals surface area contributed by atoms with Crippen LogP contribution in [-0.2, 0) is 12.7 Å². The fourth-order valence-corrected chi connectivity index (χ4v) is 1.60. The highest BCUT2D eigenvalue weighted by molar-refractivity contribution is 5.81. The maximum absolute atomic E-state index is 12.6. The molecule has 0 aliphatic carbocycles. The van der Waals surface area contributed by atoms with Crippen LogP contribution in [0, 0.1) is 0 Å². The average Bonchev–Trinajstić information content (AvgIpc) is 2.58. The predicted octanol–water partition coefficient (Wildman–Crippen LogP) is 3.17. The summed E-state index contributed by atoms with van der Waals surface area (Å²) >= 11 is 0. The van der Waals surface area contributed by atoms with Crippen molar-refractivity contribution in [3.05, 3.63) is 35.6 Å². The minimum absolute atomic E-state index is 0.0970. The molecule has 86 valence electrons. The lowest BCUT2D eigenvalue weighted by molar-refractivity contribution is -0.136. The molecule has 0 unspecified atom stereocenters. The number of hydrogen-bond acceptors (Lipinski definition) is 2. The van der Waals surface area contributed by atoms with Crippen LogP contribution in [0.25, 0.3) is 11.0 Å². The van der Waals surface area contributed by atoms with Crippen LogP contribution >= 0.6 is 0 Å². The zero-order chi connectivity index (χ0) is 11.8. The molecule has 1 N–H and O–H groups in total. The third-order valence-electron chi connectivity index (χ3n) is 2.25. The number of nitrogens with one attached hydrogen (secondary N) is 1. The van der Waals surface area contributed by atoms with Crippen molar-refractivity contribution in [2.45, 2.75) is 12.7 Å². The van der Waals surface area contributed by atoms with Crippen molar-refractivity contribution in [1.29, 1.82) is 0 Å². The van der Waals surface area contributed by atoms with Crippen LogP contribution < -0.4 is 5.32 Å². The largest absolute Gasteiger partial charge is 0.459 e. The van der Waals surface area contributed by atoms with E-state index >= 15 is 0 Å². The summed E-state index contributed by atoms with van der Waals surface area (Å²) in [6, 6.07) is 5.62. The zero-order valence-electron chi connectivity index (χ0n) is 8.56. The molecule has 0 spiro atoms. The normalized spacial score (nSPS) is 12.2. The van der Waals surface area contributed by atoms with Crippen molar-refractivity contribution in [2.75, 3.05) is 7.05 Å². The minimum Gasteiger partial charge on any atom is -0.459 e. The second-order valence-electron chi connectivity index (χ2n) is 3.46. The lowest BCUT2D eigenvalue weighted by Crippen LogP contribution is -2.05. The summed E-state index contributed by atoms with van der Waals surface area (Å²) in [5.74, 6) is 0.495. The number of rotatable bonds is 2. The Labute approximate surface area is 90.0 Å². The average molecular weight is 229 g/mol. The Kier molecular flexibility index (Phi) is 2.63. The molecule has 0 aliphatic heterocycles. The fourth-order valence-electron chi connectivity index (χ4n) is 1.60. The molecule has 0 saturated heterocycles. The second-order valence-corrected chi connectivity index (χ2v) is 3.46. The standard InChI is InChI=1S/C11H10F3NO/c1-15-6-8-5-7-3-2-4-9(10(7)16-8)11(12,13)14/h2-5,15H,6H2,1H3. The monoisotopic (exact) mass is 229 g/mol. The molecule has 1 aromatic carbocycles. The van der Waals surface area contributed by atoms with Gasteiger partial charge in [-0.05, 0) is 19.2 Å². The van der Waals surface area contributed by atoms with Gasteiger partial charge in [-0.25, -0.2) is 0 Å². The Balaban J connectivity index is 2.59.